The van der Waals surface area contributed by atoms with Crippen LogP contribution in [0.15, 0.2) is 18.2 Å². The smallest absolute Gasteiger partial charge is 0.378 e. The van der Waals surface area contributed by atoms with Crippen LogP contribution in [0.1, 0.15) is 38.2 Å². The van der Waals surface area contributed by atoms with Crippen LogP contribution in [0, 0.1) is 5.92 Å². The zero-order chi connectivity index (χ0) is 17.9. The Morgan fingerprint density at radius 1 is 1.21 bits per heavy atom. The van der Waals surface area contributed by atoms with Gasteiger partial charge in [0.25, 0.3) is 0 Å². The molecule has 0 aromatic heterocycles. The first kappa shape index (κ1) is 18.4. The molecule has 4 nitrogen and oxygen atoms in total. The third kappa shape index (κ3) is 4.55. The summed E-state index contributed by atoms with van der Waals surface area (Å²) in [6.07, 6.45) is -0.491. The molecule has 7 heteroatoms. The van der Waals surface area contributed by atoms with Crippen LogP contribution in [-0.2, 0) is 6.18 Å². The molecule has 0 bridgehead atoms. The van der Waals surface area contributed by atoms with Gasteiger partial charge in [-0.1, -0.05) is 19.8 Å². The van der Waals surface area contributed by atoms with Gasteiger partial charge in [0.05, 0.1) is 11.3 Å². The van der Waals surface area contributed by atoms with Crippen molar-refractivity contribution in [3.8, 4) is 0 Å². The fourth-order valence-electron chi connectivity index (χ4n) is 3.01. The van der Waals surface area contributed by atoms with Crippen molar-refractivity contribution < 1.29 is 18.0 Å². The first-order valence-corrected chi connectivity index (χ1v) is 8.14. The molecule has 0 saturated heterocycles. The number of urea groups is 1. The van der Waals surface area contributed by atoms with Gasteiger partial charge in [0.1, 0.15) is 0 Å². The molecule has 0 spiro atoms. The average Bonchev–Trinajstić information content (AvgIpc) is 2.48. The molecule has 0 aliphatic heterocycles. The molecule has 2 unspecified atom stereocenters. The van der Waals surface area contributed by atoms with Crippen LogP contribution in [0.5, 0.6) is 0 Å². The Morgan fingerprint density at radius 3 is 2.46 bits per heavy atom. The first-order chi connectivity index (χ1) is 11.2. The average molecular weight is 343 g/mol. The Kier molecular flexibility index (Phi) is 5.62. The highest BCUT2D eigenvalue weighted by atomic mass is 19.4. The molecule has 24 heavy (non-hydrogen) atoms. The van der Waals surface area contributed by atoms with E-state index in [4.69, 9.17) is 0 Å². The number of nitrogens with one attached hydrogen (secondary N) is 2. The van der Waals surface area contributed by atoms with Crippen molar-refractivity contribution in [1.29, 1.82) is 0 Å². The third-order valence-electron chi connectivity index (χ3n) is 4.50. The molecule has 2 amide bonds. The molecular formula is C17H24F3N3O. The fraction of sp³-hybridized carbons (Fsp3) is 0.588. The Balaban J connectivity index is 2.14. The van der Waals surface area contributed by atoms with Gasteiger partial charge >= 0.3 is 12.2 Å². The van der Waals surface area contributed by atoms with E-state index in [1.165, 1.54) is 6.07 Å². The van der Waals surface area contributed by atoms with Crippen molar-refractivity contribution in [2.75, 3.05) is 24.3 Å². The summed E-state index contributed by atoms with van der Waals surface area (Å²) in [6, 6.07) is 3.31. The molecular weight excluding hydrogens is 319 g/mol. The molecule has 2 atom stereocenters. The topological polar surface area (TPSA) is 44.4 Å². The van der Waals surface area contributed by atoms with E-state index >= 15 is 0 Å². The molecule has 1 saturated carbocycles. The molecule has 2 rings (SSSR count). The van der Waals surface area contributed by atoms with Gasteiger partial charge < -0.3 is 15.5 Å². The molecule has 0 heterocycles. The van der Waals surface area contributed by atoms with Crippen LogP contribution in [0.4, 0.5) is 29.3 Å². The molecule has 1 aliphatic rings. The second-order valence-corrected chi connectivity index (χ2v) is 6.59. The van der Waals surface area contributed by atoms with E-state index in [-0.39, 0.29) is 11.7 Å². The number of nitrogens with zero attached hydrogens (tertiary/aromatic N) is 1. The minimum absolute atomic E-state index is 0.00846. The van der Waals surface area contributed by atoms with Crippen LogP contribution in [0.25, 0.3) is 0 Å². The highest BCUT2D eigenvalue weighted by Crippen LogP contribution is 2.37. The van der Waals surface area contributed by atoms with Gasteiger partial charge in [-0.05, 0) is 37.0 Å². The maximum absolute atomic E-state index is 13.3. The van der Waals surface area contributed by atoms with Crippen LogP contribution < -0.4 is 15.5 Å². The summed E-state index contributed by atoms with van der Waals surface area (Å²) in [4.78, 5) is 13.7. The van der Waals surface area contributed by atoms with Gasteiger partial charge in [-0.25, -0.2) is 4.79 Å². The Bertz CT molecular complexity index is 587. The minimum Gasteiger partial charge on any atom is -0.378 e. The number of alkyl halides is 3. The maximum Gasteiger partial charge on any atom is 0.418 e. The lowest BCUT2D eigenvalue weighted by Crippen LogP contribution is -2.43. The van der Waals surface area contributed by atoms with E-state index in [2.05, 4.69) is 17.6 Å². The normalized spacial score (nSPS) is 21.2. The monoisotopic (exact) mass is 343 g/mol. The first-order valence-electron chi connectivity index (χ1n) is 8.14. The van der Waals surface area contributed by atoms with Crippen molar-refractivity contribution in [2.24, 2.45) is 5.92 Å². The zero-order valence-corrected chi connectivity index (χ0v) is 14.2. The van der Waals surface area contributed by atoms with E-state index in [0.717, 1.165) is 31.7 Å². The summed E-state index contributed by atoms with van der Waals surface area (Å²) in [7, 11) is 3.33. The van der Waals surface area contributed by atoms with Gasteiger partial charge in [0.15, 0.2) is 0 Å². The number of hydrogen-bond acceptors (Lipinski definition) is 2. The van der Waals surface area contributed by atoms with E-state index in [1.54, 1.807) is 25.1 Å². The van der Waals surface area contributed by atoms with Gasteiger partial charge in [0.2, 0.25) is 0 Å². The van der Waals surface area contributed by atoms with Crippen LogP contribution in [0.3, 0.4) is 0 Å². The number of anilines is 2. The maximum atomic E-state index is 13.3. The highest BCUT2D eigenvalue weighted by Gasteiger charge is 2.34. The van der Waals surface area contributed by atoms with Gasteiger partial charge in [0, 0.05) is 25.8 Å². The Morgan fingerprint density at radius 2 is 1.88 bits per heavy atom. The number of rotatable bonds is 3. The van der Waals surface area contributed by atoms with Crippen molar-refractivity contribution in [3.05, 3.63) is 23.8 Å². The molecule has 1 aromatic carbocycles. The lowest BCUT2D eigenvalue weighted by Gasteiger charge is -2.29. The van der Waals surface area contributed by atoms with Crippen molar-refractivity contribution >= 4 is 17.4 Å². The Labute approximate surface area is 140 Å². The highest BCUT2D eigenvalue weighted by molar-refractivity contribution is 5.90. The van der Waals surface area contributed by atoms with Gasteiger partial charge in [-0.3, -0.25) is 0 Å². The quantitative estimate of drug-likeness (QED) is 0.850. The van der Waals surface area contributed by atoms with Crippen LogP contribution in [-0.4, -0.2) is 26.2 Å². The molecule has 134 valence electrons. The van der Waals surface area contributed by atoms with Gasteiger partial charge in [-0.2, -0.15) is 13.2 Å². The number of benzene rings is 1. The standard InChI is InChI=1S/C17H24F3N3O/c1-11-6-4-5-7-14(11)21-16(24)22-15-9-8-12(23(2)3)10-13(15)17(18,19)20/h8-11,14H,4-7H2,1-3H3,(H2,21,22,24). The summed E-state index contributed by atoms with van der Waals surface area (Å²) in [5.41, 5.74) is -0.649. The molecule has 1 aromatic rings. The van der Waals surface area contributed by atoms with Crippen molar-refractivity contribution in [2.45, 2.75) is 44.8 Å². The third-order valence-corrected chi connectivity index (χ3v) is 4.50. The molecule has 1 aliphatic carbocycles. The SMILES string of the molecule is CC1CCCCC1NC(=O)Nc1ccc(N(C)C)cc1C(F)(F)F. The molecule has 2 N–H and O–H groups in total. The van der Waals surface area contributed by atoms with E-state index in [0.29, 0.717) is 11.6 Å². The predicted octanol–water partition coefficient (Wildman–Crippen LogP) is 4.47. The number of hydrogen-bond donors (Lipinski definition) is 2. The minimum atomic E-state index is -4.53. The van der Waals surface area contributed by atoms with Crippen LogP contribution >= 0.6 is 0 Å². The van der Waals surface area contributed by atoms with Crippen LogP contribution in [0.2, 0.25) is 0 Å². The molecule has 0 radical (unpaired) electrons. The number of carbonyl (C=O) groups excluding carboxylic acids is 1. The number of amides is 2. The summed E-state index contributed by atoms with van der Waals surface area (Å²) < 4.78 is 39.8. The van der Waals surface area contributed by atoms with Crippen molar-refractivity contribution in [1.82, 2.24) is 5.32 Å². The number of carbonyl (C=O) groups is 1. The largest absolute Gasteiger partial charge is 0.418 e. The number of halogens is 3. The lowest BCUT2D eigenvalue weighted by molar-refractivity contribution is -0.136. The van der Waals surface area contributed by atoms with Crippen molar-refractivity contribution in [3.63, 3.8) is 0 Å². The molecule has 1 fully saturated rings. The second kappa shape index (κ2) is 7.32. The van der Waals surface area contributed by atoms with E-state index in [1.807, 2.05) is 0 Å². The lowest BCUT2D eigenvalue weighted by atomic mass is 9.86. The summed E-state index contributed by atoms with van der Waals surface area (Å²) in [5, 5.41) is 5.17. The fourth-order valence-corrected chi connectivity index (χ4v) is 3.01. The second-order valence-electron chi connectivity index (χ2n) is 6.59. The zero-order valence-electron chi connectivity index (χ0n) is 14.2. The summed E-state index contributed by atoms with van der Waals surface area (Å²) >= 11 is 0. The summed E-state index contributed by atoms with van der Waals surface area (Å²) in [5.74, 6) is 0.336. The summed E-state index contributed by atoms with van der Waals surface area (Å²) in [6.45, 7) is 2.05. The van der Waals surface area contributed by atoms with E-state index in [9.17, 15) is 18.0 Å². The van der Waals surface area contributed by atoms with Gasteiger partial charge in [-0.15, -0.1) is 0 Å². The van der Waals surface area contributed by atoms with E-state index < -0.39 is 17.8 Å². The predicted molar refractivity (Wildman–Crippen MR) is 89.3 cm³/mol. The Hall–Kier alpha value is -1.92.